The maximum atomic E-state index is 13.8. The highest BCUT2D eigenvalue weighted by Crippen LogP contribution is 2.37. The number of urea groups is 1. The summed E-state index contributed by atoms with van der Waals surface area (Å²) in [6.07, 6.45) is -3.40. The number of anilines is 2. The summed E-state index contributed by atoms with van der Waals surface area (Å²) in [6, 6.07) is 11.8. The van der Waals surface area contributed by atoms with E-state index in [0.717, 1.165) is 16.3 Å². The van der Waals surface area contributed by atoms with Gasteiger partial charge in [0.25, 0.3) is 0 Å². The van der Waals surface area contributed by atoms with E-state index in [9.17, 15) is 22.4 Å². The standard InChI is InChI=1S/C24H18F4N4O3S/c1-34-20-10-16-19(11-21(20)35-2)29-12-30-22(16)36-15-5-3-4-13(8-15)31-23(33)32-14-6-7-17(18(25)9-14)24(26,27)28/h3-12H,1-2H3,(H2,31,32,33). The number of rotatable bonds is 6. The Morgan fingerprint density at radius 3 is 2.28 bits per heavy atom. The van der Waals surface area contributed by atoms with Crippen LogP contribution in [0.25, 0.3) is 10.9 Å². The normalized spacial score (nSPS) is 11.3. The average molecular weight is 518 g/mol. The average Bonchev–Trinajstić information content (AvgIpc) is 2.82. The number of nitrogens with one attached hydrogen (secondary N) is 2. The minimum absolute atomic E-state index is 0.125. The van der Waals surface area contributed by atoms with Crippen LogP contribution in [-0.2, 0) is 6.18 Å². The van der Waals surface area contributed by atoms with Crippen molar-refractivity contribution in [1.29, 1.82) is 0 Å². The number of hydrogen-bond donors (Lipinski definition) is 2. The lowest BCUT2D eigenvalue weighted by Gasteiger charge is -2.12. The summed E-state index contributed by atoms with van der Waals surface area (Å²) in [7, 11) is 3.06. The van der Waals surface area contributed by atoms with Gasteiger partial charge in [0, 0.05) is 27.7 Å². The van der Waals surface area contributed by atoms with Gasteiger partial charge in [-0.25, -0.2) is 19.2 Å². The molecule has 4 aromatic rings. The summed E-state index contributed by atoms with van der Waals surface area (Å²) in [6.45, 7) is 0. The Hall–Kier alpha value is -4.06. The largest absolute Gasteiger partial charge is 0.493 e. The van der Waals surface area contributed by atoms with Gasteiger partial charge in [0.1, 0.15) is 17.2 Å². The molecule has 1 aromatic heterocycles. The molecule has 0 aliphatic rings. The first kappa shape index (κ1) is 25.0. The van der Waals surface area contributed by atoms with Crippen molar-refractivity contribution in [2.45, 2.75) is 16.1 Å². The molecule has 2 amide bonds. The van der Waals surface area contributed by atoms with Crippen molar-refractivity contribution in [3.05, 3.63) is 72.3 Å². The quantitative estimate of drug-likeness (QED) is 0.221. The van der Waals surface area contributed by atoms with E-state index in [2.05, 4.69) is 20.6 Å². The molecule has 0 atom stereocenters. The highest BCUT2D eigenvalue weighted by Gasteiger charge is 2.34. The van der Waals surface area contributed by atoms with Crippen molar-refractivity contribution in [1.82, 2.24) is 9.97 Å². The molecule has 4 rings (SSSR count). The summed E-state index contributed by atoms with van der Waals surface area (Å²) < 4.78 is 62.6. The number of benzene rings is 3. The summed E-state index contributed by atoms with van der Waals surface area (Å²) in [4.78, 5) is 21.7. The van der Waals surface area contributed by atoms with E-state index >= 15 is 0 Å². The fourth-order valence-electron chi connectivity index (χ4n) is 3.31. The lowest BCUT2D eigenvalue weighted by Crippen LogP contribution is -2.19. The van der Waals surface area contributed by atoms with Crippen molar-refractivity contribution in [2.75, 3.05) is 24.9 Å². The number of carbonyl (C=O) groups is 1. The number of methoxy groups -OCH3 is 2. The first-order chi connectivity index (χ1) is 17.2. The van der Waals surface area contributed by atoms with Crippen LogP contribution in [-0.4, -0.2) is 30.2 Å². The van der Waals surface area contributed by atoms with Crippen LogP contribution in [0.5, 0.6) is 11.5 Å². The number of amides is 2. The molecule has 1 heterocycles. The number of fused-ring (bicyclic) bond motifs is 1. The second-order valence-corrected chi connectivity index (χ2v) is 8.37. The van der Waals surface area contributed by atoms with E-state index in [1.54, 1.807) is 30.3 Å². The van der Waals surface area contributed by atoms with Gasteiger partial charge in [-0.3, -0.25) is 0 Å². The molecule has 0 bridgehead atoms. The maximum absolute atomic E-state index is 13.8. The number of nitrogens with zero attached hydrogens (tertiary/aromatic N) is 2. The molecule has 186 valence electrons. The summed E-state index contributed by atoms with van der Waals surface area (Å²) in [5, 5.41) is 6.27. The lowest BCUT2D eigenvalue weighted by atomic mass is 10.2. The molecule has 0 fully saturated rings. The zero-order chi connectivity index (χ0) is 25.9. The molecule has 0 unspecified atom stereocenters. The topological polar surface area (TPSA) is 85.4 Å². The fourth-order valence-corrected chi connectivity index (χ4v) is 4.23. The van der Waals surface area contributed by atoms with E-state index in [4.69, 9.17) is 9.47 Å². The molecule has 12 heteroatoms. The van der Waals surface area contributed by atoms with Crippen LogP contribution >= 0.6 is 11.8 Å². The lowest BCUT2D eigenvalue weighted by molar-refractivity contribution is -0.139. The van der Waals surface area contributed by atoms with Crippen LogP contribution in [0.15, 0.2) is 70.8 Å². The Kier molecular flexibility index (Phi) is 7.15. The van der Waals surface area contributed by atoms with Gasteiger partial charge in [-0.05, 0) is 42.5 Å². The zero-order valence-corrected chi connectivity index (χ0v) is 19.6. The molecular formula is C24H18F4N4O3S. The molecule has 2 N–H and O–H groups in total. The first-order valence-corrected chi connectivity index (χ1v) is 11.1. The first-order valence-electron chi connectivity index (χ1n) is 10.3. The summed E-state index contributed by atoms with van der Waals surface area (Å²) >= 11 is 1.33. The second kappa shape index (κ2) is 10.3. The summed E-state index contributed by atoms with van der Waals surface area (Å²) in [5.74, 6) is -0.428. The SMILES string of the molecule is COc1cc2ncnc(Sc3cccc(NC(=O)Nc4ccc(C(F)(F)F)c(F)c4)c3)c2cc1OC. The van der Waals surface area contributed by atoms with Gasteiger partial charge >= 0.3 is 12.2 Å². The van der Waals surface area contributed by atoms with Crippen molar-refractivity contribution >= 4 is 40.1 Å². The molecule has 0 aliphatic carbocycles. The molecule has 0 saturated carbocycles. The van der Waals surface area contributed by atoms with Gasteiger partial charge in [-0.15, -0.1) is 0 Å². The third-order valence-corrected chi connectivity index (χ3v) is 5.95. The summed E-state index contributed by atoms with van der Waals surface area (Å²) in [5.41, 5.74) is -0.475. The number of carbonyl (C=O) groups excluding carboxylic acids is 1. The number of alkyl halides is 3. The number of halogens is 4. The number of hydrogen-bond acceptors (Lipinski definition) is 6. The van der Waals surface area contributed by atoms with E-state index in [1.165, 1.54) is 32.3 Å². The van der Waals surface area contributed by atoms with Gasteiger partial charge in [-0.1, -0.05) is 17.8 Å². The zero-order valence-electron chi connectivity index (χ0n) is 18.8. The second-order valence-electron chi connectivity index (χ2n) is 7.30. The monoisotopic (exact) mass is 518 g/mol. The Morgan fingerprint density at radius 1 is 0.917 bits per heavy atom. The van der Waals surface area contributed by atoms with Crippen LogP contribution in [0, 0.1) is 5.82 Å². The van der Waals surface area contributed by atoms with E-state index in [0.29, 0.717) is 39.9 Å². The predicted molar refractivity (Wildman–Crippen MR) is 127 cm³/mol. The Balaban J connectivity index is 1.50. The predicted octanol–water partition coefficient (Wildman–Crippen LogP) is 6.60. The minimum Gasteiger partial charge on any atom is -0.493 e. The Labute approximate surface area is 206 Å². The van der Waals surface area contributed by atoms with Crippen molar-refractivity contribution < 1.29 is 31.8 Å². The van der Waals surface area contributed by atoms with Gasteiger partial charge < -0.3 is 20.1 Å². The van der Waals surface area contributed by atoms with Crippen LogP contribution in [0.1, 0.15) is 5.56 Å². The minimum atomic E-state index is -4.82. The van der Waals surface area contributed by atoms with Crippen LogP contribution in [0.3, 0.4) is 0 Å². The molecule has 3 aromatic carbocycles. The van der Waals surface area contributed by atoms with Crippen LogP contribution in [0.2, 0.25) is 0 Å². The Bertz CT molecular complexity index is 1430. The van der Waals surface area contributed by atoms with Crippen molar-refractivity contribution in [3.63, 3.8) is 0 Å². The highest BCUT2D eigenvalue weighted by molar-refractivity contribution is 7.99. The van der Waals surface area contributed by atoms with E-state index < -0.39 is 23.6 Å². The smallest absolute Gasteiger partial charge is 0.419 e. The third kappa shape index (κ3) is 5.60. The molecular weight excluding hydrogens is 500 g/mol. The van der Waals surface area contributed by atoms with Crippen LogP contribution in [0.4, 0.5) is 33.7 Å². The third-order valence-electron chi connectivity index (χ3n) is 4.94. The fraction of sp³-hybridized carbons (Fsp3) is 0.125. The number of ether oxygens (including phenoxy) is 2. The molecule has 0 saturated heterocycles. The molecule has 0 spiro atoms. The molecule has 0 radical (unpaired) electrons. The molecule has 0 aliphatic heterocycles. The van der Waals surface area contributed by atoms with Gasteiger partial charge in [0.05, 0.1) is 25.3 Å². The van der Waals surface area contributed by atoms with Gasteiger partial charge in [-0.2, -0.15) is 13.2 Å². The number of aromatic nitrogens is 2. The van der Waals surface area contributed by atoms with Crippen LogP contribution < -0.4 is 20.1 Å². The van der Waals surface area contributed by atoms with E-state index in [1.807, 2.05) is 6.07 Å². The van der Waals surface area contributed by atoms with Gasteiger partial charge in [0.15, 0.2) is 11.5 Å². The van der Waals surface area contributed by atoms with Gasteiger partial charge in [0.2, 0.25) is 0 Å². The molecule has 7 nitrogen and oxygen atoms in total. The maximum Gasteiger partial charge on any atom is 0.419 e. The highest BCUT2D eigenvalue weighted by atomic mass is 32.2. The van der Waals surface area contributed by atoms with E-state index in [-0.39, 0.29) is 5.69 Å². The Morgan fingerprint density at radius 2 is 1.61 bits per heavy atom. The molecule has 36 heavy (non-hydrogen) atoms. The van der Waals surface area contributed by atoms with Crippen molar-refractivity contribution in [3.8, 4) is 11.5 Å². The van der Waals surface area contributed by atoms with Crippen molar-refractivity contribution in [2.24, 2.45) is 0 Å².